The highest BCUT2D eigenvalue weighted by molar-refractivity contribution is 7.98. The molecule has 0 bridgehead atoms. The van der Waals surface area contributed by atoms with Crippen molar-refractivity contribution < 1.29 is 9.90 Å². The van der Waals surface area contributed by atoms with Crippen LogP contribution in [0.15, 0.2) is 12.1 Å². The minimum Gasteiger partial charge on any atom is -0.478 e. The highest BCUT2D eigenvalue weighted by Gasteiger charge is 2.12. The summed E-state index contributed by atoms with van der Waals surface area (Å²) in [6, 6.07) is 3.53. The van der Waals surface area contributed by atoms with Crippen LogP contribution in [0.5, 0.6) is 0 Å². The van der Waals surface area contributed by atoms with Gasteiger partial charge in [-0.15, -0.1) is 0 Å². The fraction of sp³-hybridized carbons (Fsp3) is 0.571. The number of pyridine rings is 1. The third kappa shape index (κ3) is 5.11. The molecule has 0 aromatic carbocycles. The number of aromatic nitrogens is 1. The van der Waals surface area contributed by atoms with Crippen LogP contribution in [-0.4, -0.2) is 34.1 Å². The Morgan fingerprint density at radius 1 is 1.42 bits per heavy atom. The molecule has 1 atom stereocenters. The fourth-order valence-electron chi connectivity index (χ4n) is 1.66. The van der Waals surface area contributed by atoms with Crippen LogP contribution in [0.4, 0.5) is 5.82 Å². The van der Waals surface area contributed by atoms with Crippen molar-refractivity contribution in [3.63, 3.8) is 0 Å². The average Bonchev–Trinajstić information content (AvgIpc) is 2.35. The van der Waals surface area contributed by atoms with E-state index in [0.717, 1.165) is 17.9 Å². The molecule has 4 nitrogen and oxygen atoms in total. The van der Waals surface area contributed by atoms with Gasteiger partial charge in [0.05, 0.1) is 5.56 Å². The number of hydrogen-bond donors (Lipinski definition) is 2. The number of carbonyl (C=O) groups is 1. The van der Waals surface area contributed by atoms with E-state index in [1.165, 1.54) is 0 Å². The van der Waals surface area contributed by atoms with Crippen molar-refractivity contribution in [1.82, 2.24) is 4.98 Å². The van der Waals surface area contributed by atoms with Gasteiger partial charge in [-0.25, -0.2) is 9.78 Å². The molecule has 0 aliphatic rings. The topological polar surface area (TPSA) is 62.2 Å². The Bertz CT molecular complexity index is 435. The lowest BCUT2D eigenvalue weighted by molar-refractivity contribution is 0.0696. The van der Waals surface area contributed by atoms with E-state index >= 15 is 0 Å². The quantitative estimate of drug-likeness (QED) is 0.802. The lowest BCUT2D eigenvalue weighted by Gasteiger charge is -2.16. The van der Waals surface area contributed by atoms with Gasteiger partial charge in [-0.1, -0.05) is 13.8 Å². The molecule has 1 aromatic heterocycles. The number of nitrogens with zero attached hydrogens (tertiary/aromatic N) is 1. The zero-order valence-electron chi connectivity index (χ0n) is 11.9. The zero-order chi connectivity index (χ0) is 14.4. The van der Waals surface area contributed by atoms with Gasteiger partial charge in [-0.05, 0) is 43.4 Å². The molecular formula is C14H22N2O2S. The van der Waals surface area contributed by atoms with E-state index < -0.39 is 5.97 Å². The minimum atomic E-state index is -0.913. The molecule has 0 saturated heterocycles. The van der Waals surface area contributed by atoms with Crippen molar-refractivity contribution >= 4 is 23.5 Å². The lowest BCUT2D eigenvalue weighted by atomic mass is 10.1. The van der Waals surface area contributed by atoms with Gasteiger partial charge in [0.15, 0.2) is 0 Å². The summed E-state index contributed by atoms with van der Waals surface area (Å²) in [5.41, 5.74) is 1.10. The first-order valence-electron chi connectivity index (χ1n) is 6.44. The molecule has 0 amide bonds. The van der Waals surface area contributed by atoms with E-state index in [1.54, 1.807) is 23.9 Å². The number of thioether (sulfide) groups is 1. The number of anilines is 1. The molecule has 5 heteroatoms. The number of nitrogens with one attached hydrogen (secondary N) is 1. The van der Waals surface area contributed by atoms with Gasteiger partial charge in [0, 0.05) is 11.7 Å². The van der Waals surface area contributed by atoms with Crippen LogP contribution < -0.4 is 5.32 Å². The number of carboxylic acid groups (broad SMARTS) is 1. The van der Waals surface area contributed by atoms with E-state index in [0.29, 0.717) is 11.4 Å². The van der Waals surface area contributed by atoms with Crippen LogP contribution >= 0.6 is 11.8 Å². The Labute approximate surface area is 119 Å². The van der Waals surface area contributed by atoms with Crippen LogP contribution in [0, 0.1) is 0 Å². The maximum Gasteiger partial charge on any atom is 0.335 e. The molecule has 1 rings (SSSR count). The van der Waals surface area contributed by atoms with Crippen LogP contribution in [0.2, 0.25) is 0 Å². The predicted molar refractivity (Wildman–Crippen MR) is 81.4 cm³/mol. The van der Waals surface area contributed by atoms with Gasteiger partial charge in [-0.3, -0.25) is 0 Å². The van der Waals surface area contributed by atoms with Crippen molar-refractivity contribution in [2.45, 2.75) is 39.2 Å². The van der Waals surface area contributed by atoms with Crippen molar-refractivity contribution in [2.24, 2.45) is 0 Å². The van der Waals surface area contributed by atoms with Gasteiger partial charge in [0.25, 0.3) is 0 Å². The molecule has 1 unspecified atom stereocenters. The zero-order valence-corrected chi connectivity index (χ0v) is 12.8. The third-order valence-electron chi connectivity index (χ3n) is 2.83. The molecule has 0 saturated carbocycles. The van der Waals surface area contributed by atoms with Crippen LogP contribution in [0.1, 0.15) is 49.2 Å². The van der Waals surface area contributed by atoms with Gasteiger partial charge < -0.3 is 10.4 Å². The average molecular weight is 282 g/mol. The number of rotatable bonds is 7. The summed E-state index contributed by atoms with van der Waals surface area (Å²) < 4.78 is 0. The Kier molecular flexibility index (Phi) is 6.15. The van der Waals surface area contributed by atoms with E-state index in [-0.39, 0.29) is 12.0 Å². The first kappa shape index (κ1) is 15.8. The first-order valence-corrected chi connectivity index (χ1v) is 7.84. The second-order valence-corrected chi connectivity index (χ2v) is 5.94. The Morgan fingerprint density at radius 3 is 2.63 bits per heavy atom. The van der Waals surface area contributed by atoms with Gasteiger partial charge in [-0.2, -0.15) is 11.8 Å². The van der Waals surface area contributed by atoms with Crippen molar-refractivity contribution in [3.05, 3.63) is 23.4 Å². The summed E-state index contributed by atoms with van der Waals surface area (Å²) in [7, 11) is 0. The molecule has 0 radical (unpaired) electrons. The van der Waals surface area contributed by atoms with Crippen LogP contribution in [0.3, 0.4) is 0 Å². The van der Waals surface area contributed by atoms with E-state index in [1.807, 2.05) is 13.8 Å². The Morgan fingerprint density at radius 2 is 2.11 bits per heavy atom. The van der Waals surface area contributed by atoms with Crippen molar-refractivity contribution in [2.75, 3.05) is 17.3 Å². The number of carboxylic acids is 1. The predicted octanol–water partition coefficient (Wildman–Crippen LogP) is 3.46. The largest absolute Gasteiger partial charge is 0.478 e. The summed E-state index contributed by atoms with van der Waals surface area (Å²) in [6.07, 6.45) is 3.10. The fourth-order valence-corrected chi connectivity index (χ4v) is 2.25. The molecule has 19 heavy (non-hydrogen) atoms. The molecule has 106 valence electrons. The summed E-state index contributed by atoms with van der Waals surface area (Å²) in [6.45, 7) is 6.10. The highest BCUT2D eigenvalue weighted by atomic mass is 32.2. The van der Waals surface area contributed by atoms with Gasteiger partial charge >= 0.3 is 5.97 Å². The Balaban J connectivity index is 2.90. The summed E-state index contributed by atoms with van der Waals surface area (Å²) in [5, 5.41) is 12.4. The standard InChI is InChI=1S/C14H22N2O2S/c1-9(2)12-7-11(14(17)18)8-13(16-12)15-10(3)5-6-19-4/h7-10H,5-6H2,1-4H3,(H,15,16)(H,17,18). The van der Waals surface area contributed by atoms with Gasteiger partial charge in [0.1, 0.15) is 5.82 Å². The SMILES string of the molecule is CSCCC(C)Nc1cc(C(=O)O)cc(C(C)C)n1. The number of hydrogen-bond acceptors (Lipinski definition) is 4. The normalized spacial score (nSPS) is 12.5. The molecule has 1 heterocycles. The molecule has 0 fully saturated rings. The molecule has 0 aliphatic carbocycles. The maximum atomic E-state index is 11.1. The maximum absolute atomic E-state index is 11.1. The second-order valence-electron chi connectivity index (χ2n) is 4.95. The van der Waals surface area contributed by atoms with E-state index in [9.17, 15) is 4.79 Å². The molecule has 2 N–H and O–H groups in total. The second kappa shape index (κ2) is 7.38. The summed E-state index contributed by atoms with van der Waals surface area (Å²) >= 11 is 1.80. The highest BCUT2D eigenvalue weighted by Crippen LogP contribution is 2.18. The molecular weight excluding hydrogens is 260 g/mol. The Hall–Kier alpha value is -1.23. The monoisotopic (exact) mass is 282 g/mol. The molecule has 0 spiro atoms. The first-order chi connectivity index (χ1) is 8.93. The van der Waals surface area contributed by atoms with Crippen molar-refractivity contribution in [1.29, 1.82) is 0 Å². The van der Waals surface area contributed by atoms with E-state index in [2.05, 4.69) is 23.5 Å². The van der Waals surface area contributed by atoms with Crippen LogP contribution in [0.25, 0.3) is 0 Å². The van der Waals surface area contributed by atoms with E-state index in [4.69, 9.17) is 5.11 Å². The summed E-state index contributed by atoms with van der Waals surface area (Å²) in [5.74, 6) is 1.02. The van der Waals surface area contributed by atoms with Gasteiger partial charge in [0.2, 0.25) is 0 Å². The minimum absolute atomic E-state index is 0.210. The van der Waals surface area contributed by atoms with Crippen molar-refractivity contribution in [3.8, 4) is 0 Å². The number of aromatic carboxylic acids is 1. The molecule has 0 aliphatic heterocycles. The lowest BCUT2D eigenvalue weighted by Crippen LogP contribution is -2.18. The smallest absolute Gasteiger partial charge is 0.335 e. The molecule has 1 aromatic rings. The van der Waals surface area contributed by atoms with Crippen LogP contribution in [-0.2, 0) is 0 Å². The third-order valence-corrected chi connectivity index (χ3v) is 3.48. The summed E-state index contributed by atoms with van der Waals surface area (Å²) in [4.78, 5) is 15.6.